The van der Waals surface area contributed by atoms with Crippen molar-refractivity contribution in [3.05, 3.63) is 29.5 Å². The van der Waals surface area contributed by atoms with E-state index in [1.807, 2.05) is 12.1 Å². The van der Waals surface area contributed by atoms with E-state index in [1.54, 1.807) is 7.11 Å². The van der Waals surface area contributed by atoms with E-state index >= 15 is 0 Å². The minimum absolute atomic E-state index is 0.250. The van der Waals surface area contributed by atoms with Crippen LogP contribution < -0.4 is 10.5 Å². The molecule has 0 saturated carbocycles. The van der Waals surface area contributed by atoms with Gasteiger partial charge in [-0.25, -0.2) is 4.79 Å². The highest BCUT2D eigenvalue weighted by molar-refractivity contribution is 5.87. The maximum Gasteiger partial charge on any atom is 0.404 e. The molecule has 5 nitrogen and oxygen atoms in total. The largest absolute Gasteiger partial charge is 0.497 e. The highest BCUT2D eigenvalue weighted by Crippen LogP contribution is 2.43. The van der Waals surface area contributed by atoms with Crippen LogP contribution in [0.3, 0.4) is 0 Å². The molecule has 1 aliphatic rings. The first-order valence-electron chi connectivity index (χ1n) is 7.21. The van der Waals surface area contributed by atoms with Crippen LogP contribution in [0.15, 0.2) is 18.2 Å². The Hall–Kier alpha value is -2.17. The second kappa shape index (κ2) is 5.31. The number of hydrogen-bond acceptors (Lipinski definition) is 3. The van der Waals surface area contributed by atoms with Crippen molar-refractivity contribution < 1.29 is 14.3 Å². The lowest BCUT2D eigenvalue weighted by molar-refractivity contribution is 0.133. The number of benzene rings is 1. The Bertz CT molecular complexity index is 677. The Balaban J connectivity index is 1.91. The van der Waals surface area contributed by atoms with Crippen molar-refractivity contribution in [1.29, 1.82) is 0 Å². The summed E-state index contributed by atoms with van der Waals surface area (Å²) in [5, 5.41) is 1.24. The Kier molecular flexibility index (Phi) is 3.49. The SMILES string of the molecule is COc1ccc2c3c([nH]c2c1)CCC3C(C)COC(N)=O. The number of carbonyl (C=O) groups is 1. The van der Waals surface area contributed by atoms with Crippen molar-refractivity contribution in [3.63, 3.8) is 0 Å². The number of aryl methyl sites for hydroxylation is 1. The van der Waals surface area contributed by atoms with Gasteiger partial charge in [-0.15, -0.1) is 0 Å². The molecule has 21 heavy (non-hydrogen) atoms. The van der Waals surface area contributed by atoms with Crippen LogP contribution in [-0.4, -0.2) is 24.8 Å². The molecule has 0 bridgehead atoms. The zero-order chi connectivity index (χ0) is 15.0. The highest BCUT2D eigenvalue weighted by atomic mass is 16.5. The molecule has 0 fully saturated rings. The van der Waals surface area contributed by atoms with E-state index in [2.05, 4.69) is 18.0 Å². The average Bonchev–Trinajstić information content (AvgIpc) is 3.02. The first-order valence-corrected chi connectivity index (χ1v) is 7.21. The monoisotopic (exact) mass is 288 g/mol. The van der Waals surface area contributed by atoms with Gasteiger partial charge in [-0.05, 0) is 42.4 Å². The van der Waals surface area contributed by atoms with Crippen molar-refractivity contribution in [3.8, 4) is 5.75 Å². The van der Waals surface area contributed by atoms with Gasteiger partial charge in [-0.2, -0.15) is 0 Å². The van der Waals surface area contributed by atoms with Gasteiger partial charge in [0.25, 0.3) is 0 Å². The molecule has 1 aromatic heterocycles. The van der Waals surface area contributed by atoms with Crippen LogP contribution in [0.1, 0.15) is 30.5 Å². The number of amides is 1. The van der Waals surface area contributed by atoms with Crippen molar-refractivity contribution in [2.45, 2.75) is 25.7 Å². The second-order valence-electron chi connectivity index (χ2n) is 5.68. The fourth-order valence-electron chi connectivity index (χ4n) is 3.34. The maximum atomic E-state index is 10.8. The number of hydrogen-bond donors (Lipinski definition) is 2. The molecule has 1 heterocycles. The van der Waals surface area contributed by atoms with Crippen LogP contribution in [-0.2, 0) is 11.2 Å². The van der Waals surface area contributed by atoms with Gasteiger partial charge in [-0.1, -0.05) is 6.92 Å². The van der Waals surface area contributed by atoms with Crippen LogP contribution in [0.4, 0.5) is 4.79 Å². The minimum atomic E-state index is -0.705. The quantitative estimate of drug-likeness (QED) is 0.908. The van der Waals surface area contributed by atoms with E-state index in [4.69, 9.17) is 15.2 Å². The third-order valence-electron chi connectivity index (χ3n) is 4.38. The van der Waals surface area contributed by atoms with Crippen molar-refractivity contribution >= 4 is 17.0 Å². The second-order valence-corrected chi connectivity index (χ2v) is 5.68. The van der Waals surface area contributed by atoms with Gasteiger partial charge in [0, 0.05) is 22.7 Å². The third kappa shape index (κ3) is 2.44. The van der Waals surface area contributed by atoms with Gasteiger partial charge >= 0.3 is 6.09 Å². The number of aromatic amines is 1. The molecule has 0 radical (unpaired) electrons. The molecule has 5 heteroatoms. The fraction of sp³-hybridized carbons (Fsp3) is 0.438. The first kappa shape index (κ1) is 13.8. The number of nitrogens with two attached hydrogens (primary N) is 1. The summed E-state index contributed by atoms with van der Waals surface area (Å²) in [6.07, 6.45) is 1.40. The number of H-pyrrole nitrogens is 1. The average molecular weight is 288 g/mol. The molecular formula is C16H20N2O3. The molecule has 0 spiro atoms. The number of ether oxygens (including phenoxy) is 2. The number of carbonyl (C=O) groups excluding carboxylic acids is 1. The van der Waals surface area contributed by atoms with Gasteiger partial charge in [0.1, 0.15) is 5.75 Å². The summed E-state index contributed by atoms with van der Waals surface area (Å²) >= 11 is 0. The molecule has 1 aliphatic carbocycles. The van der Waals surface area contributed by atoms with Gasteiger partial charge in [0.05, 0.1) is 13.7 Å². The summed E-state index contributed by atoms with van der Waals surface area (Å²) in [4.78, 5) is 14.3. The summed E-state index contributed by atoms with van der Waals surface area (Å²) in [6.45, 7) is 2.47. The number of fused-ring (bicyclic) bond motifs is 3. The molecule has 3 N–H and O–H groups in total. The topological polar surface area (TPSA) is 77.3 Å². The zero-order valence-corrected chi connectivity index (χ0v) is 12.3. The van der Waals surface area contributed by atoms with Crippen molar-refractivity contribution in [2.24, 2.45) is 11.7 Å². The van der Waals surface area contributed by atoms with E-state index in [0.717, 1.165) is 24.1 Å². The van der Waals surface area contributed by atoms with Crippen LogP contribution in [0.5, 0.6) is 5.75 Å². The number of aromatic nitrogens is 1. The van der Waals surface area contributed by atoms with Crippen molar-refractivity contribution in [2.75, 3.05) is 13.7 Å². The summed E-state index contributed by atoms with van der Waals surface area (Å²) in [5.74, 6) is 1.49. The Labute approximate surface area is 123 Å². The molecule has 1 amide bonds. The fourth-order valence-corrected chi connectivity index (χ4v) is 3.34. The summed E-state index contributed by atoms with van der Waals surface area (Å²) in [7, 11) is 1.67. The lowest BCUT2D eigenvalue weighted by Crippen LogP contribution is -2.20. The Morgan fingerprint density at radius 2 is 2.33 bits per heavy atom. The van der Waals surface area contributed by atoms with Gasteiger partial charge in [0.15, 0.2) is 0 Å². The van der Waals surface area contributed by atoms with E-state index in [9.17, 15) is 4.79 Å². The van der Waals surface area contributed by atoms with Crippen LogP contribution in [0.2, 0.25) is 0 Å². The lowest BCUT2D eigenvalue weighted by atomic mass is 9.88. The minimum Gasteiger partial charge on any atom is -0.497 e. The summed E-state index contributed by atoms with van der Waals surface area (Å²) in [6, 6.07) is 6.11. The molecule has 1 aromatic carbocycles. The molecule has 2 unspecified atom stereocenters. The predicted molar refractivity (Wildman–Crippen MR) is 80.6 cm³/mol. The molecule has 0 saturated heterocycles. The molecule has 2 atom stereocenters. The standard InChI is InChI=1S/C16H20N2O3/c1-9(8-21-16(17)19)11-5-6-13-15(11)12-4-3-10(20-2)7-14(12)18-13/h3-4,7,9,11,18H,5-6,8H2,1-2H3,(H2,17,19). The molecule has 3 rings (SSSR count). The molecular weight excluding hydrogens is 268 g/mol. The van der Waals surface area contributed by atoms with Crippen molar-refractivity contribution in [1.82, 2.24) is 4.98 Å². The van der Waals surface area contributed by atoms with Crippen LogP contribution in [0, 0.1) is 5.92 Å². The highest BCUT2D eigenvalue weighted by Gasteiger charge is 2.31. The van der Waals surface area contributed by atoms with Gasteiger partial charge < -0.3 is 20.2 Å². The smallest absolute Gasteiger partial charge is 0.404 e. The Morgan fingerprint density at radius 3 is 3.05 bits per heavy atom. The maximum absolute atomic E-state index is 10.8. The molecule has 2 aromatic rings. The number of nitrogens with one attached hydrogen (secondary N) is 1. The normalized spacial score (nSPS) is 18.5. The zero-order valence-electron chi connectivity index (χ0n) is 12.3. The lowest BCUT2D eigenvalue weighted by Gasteiger charge is -2.19. The number of methoxy groups -OCH3 is 1. The number of primary amides is 1. The first-order chi connectivity index (χ1) is 10.1. The van der Waals surface area contributed by atoms with Gasteiger partial charge in [-0.3, -0.25) is 0 Å². The van der Waals surface area contributed by atoms with E-state index in [0.29, 0.717) is 12.5 Å². The summed E-state index contributed by atoms with van der Waals surface area (Å²) < 4.78 is 10.2. The Morgan fingerprint density at radius 1 is 1.52 bits per heavy atom. The summed E-state index contributed by atoms with van der Waals surface area (Å²) in [5.41, 5.74) is 8.80. The third-order valence-corrected chi connectivity index (χ3v) is 4.38. The van der Waals surface area contributed by atoms with Crippen LogP contribution >= 0.6 is 0 Å². The number of rotatable bonds is 4. The molecule has 112 valence electrons. The predicted octanol–water partition coefficient (Wildman–Crippen LogP) is 2.94. The van der Waals surface area contributed by atoms with E-state index < -0.39 is 6.09 Å². The van der Waals surface area contributed by atoms with E-state index in [-0.39, 0.29) is 5.92 Å². The van der Waals surface area contributed by atoms with Gasteiger partial charge in [0.2, 0.25) is 0 Å². The van der Waals surface area contributed by atoms with E-state index in [1.165, 1.54) is 16.6 Å². The van der Waals surface area contributed by atoms with Crippen LogP contribution in [0.25, 0.3) is 10.9 Å². The molecule has 0 aliphatic heterocycles.